The van der Waals surface area contributed by atoms with E-state index in [0.29, 0.717) is 11.3 Å². The van der Waals surface area contributed by atoms with E-state index < -0.39 is 49.9 Å². The number of aromatic nitrogens is 1. The van der Waals surface area contributed by atoms with Crippen molar-refractivity contribution in [1.82, 2.24) is 9.47 Å². The molecule has 0 saturated carbocycles. The zero-order valence-corrected chi connectivity index (χ0v) is 24.7. The lowest BCUT2D eigenvalue weighted by Gasteiger charge is -2.38. The Hall–Kier alpha value is -4.27. The lowest BCUT2D eigenvalue weighted by molar-refractivity contribution is -0.384. The summed E-state index contributed by atoms with van der Waals surface area (Å²) in [5.74, 6) is -0.971. The van der Waals surface area contributed by atoms with Crippen LogP contribution in [0.5, 0.6) is 0 Å². The zero-order chi connectivity index (χ0) is 32.6. The maximum absolute atomic E-state index is 14.8. The number of non-ortho nitro benzene ring substituents is 1. The molecule has 2 N–H and O–H groups in total. The molecule has 1 fully saturated rings. The van der Waals surface area contributed by atoms with E-state index in [2.05, 4.69) is 0 Å². The Balaban J connectivity index is 1.40. The van der Waals surface area contributed by atoms with Crippen LogP contribution in [-0.2, 0) is 26.7 Å². The van der Waals surface area contributed by atoms with Crippen molar-refractivity contribution in [3.63, 3.8) is 0 Å². The lowest BCUT2D eigenvalue weighted by atomic mass is 9.91. The van der Waals surface area contributed by atoms with Gasteiger partial charge in [0.2, 0.25) is 5.60 Å². The summed E-state index contributed by atoms with van der Waals surface area (Å²) in [5.41, 5.74) is -2.94. The van der Waals surface area contributed by atoms with Crippen LogP contribution in [0.25, 0.3) is 16.6 Å². The van der Waals surface area contributed by atoms with E-state index in [4.69, 9.17) is 5.11 Å². The summed E-state index contributed by atoms with van der Waals surface area (Å²) in [4.78, 5) is 23.1. The third-order valence-corrected chi connectivity index (χ3v) is 10.5. The number of halogens is 3. The first-order chi connectivity index (χ1) is 21.2. The molecule has 3 aromatic carbocycles. The molecule has 1 aromatic heterocycles. The number of fused-ring (bicyclic) bond motifs is 1. The molecule has 0 aliphatic carbocycles. The van der Waals surface area contributed by atoms with Crippen LogP contribution in [-0.4, -0.2) is 70.1 Å². The Morgan fingerprint density at radius 3 is 2.22 bits per heavy atom. The molecule has 1 aliphatic heterocycles. The van der Waals surface area contributed by atoms with Gasteiger partial charge in [-0.2, -0.15) is 13.2 Å². The first kappa shape index (κ1) is 32.1. The number of likely N-dealkylation sites (tertiary alicyclic amines) is 1. The van der Waals surface area contributed by atoms with E-state index in [1.165, 1.54) is 27.7 Å². The molecule has 1 saturated heterocycles. The second-order valence-corrected chi connectivity index (χ2v) is 13.4. The van der Waals surface area contributed by atoms with Gasteiger partial charge in [0.05, 0.1) is 20.6 Å². The monoisotopic (exact) mass is 645 g/mol. The van der Waals surface area contributed by atoms with Gasteiger partial charge in [-0.25, -0.2) is 8.42 Å². The summed E-state index contributed by atoms with van der Waals surface area (Å²) in [6.45, 7) is -0.921. The number of hydrogen-bond donors (Lipinski definition) is 2. The maximum Gasteiger partial charge on any atom is 0.422 e. The minimum absolute atomic E-state index is 0.00598. The molecule has 4 aromatic rings. The SMILES string of the molecule is O=C(O)CCc1ccc(S(=O)(=O)C2CCN(CC(O)(c3cn(-c4ccccc4)c4cc([N+](=O)[O-])ccc34)C(F)(F)F)CC2)cc1. The molecule has 0 amide bonds. The average molecular weight is 646 g/mol. The number of hydrogen-bond acceptors (Lipinski definition) is 7. The number of nitro groups is 1. The molecule has 1 aliphatic rings. The van der Waals surface area contributed by atoms with Crippen molar-refractivity contribution in [2.75, 3.05) is 19.6 Å². The molecule has 0 radical (unpaired) electrons. The van der Waals surface area contributed by atoms with E-state index >= 15 is 0 Å². The van der Waals surface area contributed by atoms with Crippen molar-refractivity contribution >= 4 is 32.4 Å². The van der Waals surface area contributed by atoms with Crippen molar-refractivity contribution in [3.05, 3.63) is 100 Å². The van der Waals surface area contributed by atoms with Crippen LogP contribution in [0.3, 0.4) is 0 Å². The fourth-order valence-electron chi connectivity index (χ4n) is 5.78. The molecule has 45 heavy (non-hydrogen) atoms. The number of alkyl halides is 3. The van der Waals surface area contributed by atoms with Crippen molar-refractivity contribution in [3.8, 4) is 5.69 Å². The number of sulfone groups is 1. The number of benzene rings is 3. The predicted molar refractivity (Wildman–Crippen MR) is 159 cm³/mol. The number of nitrogens with zero attached hydrogens (tertiary/aromatic N) is 3. The van der Waals surface area contributed by atoms with Crippen molar-refractivity contribution in [1.29, 1.82) is 0 Å². The smallest absolute Gasteiger partial charge is 0.422 e. The average Bonchev–Trinajstić information content (AvgIpc) is 3.40. The van der Waals surface area contributed by atoms with Gasteiger partial charge in [-0.3, -0.25) is 19.8 Å². The van der Waals surface area contributed by atoms with Gasteiger partial charge in [0.1, 0.15) is 0 Å². The molecular formula is C31H30F3N3O7S. The number of rotatable bonds is 10. The number of carboxylic acid groups (broad SMARTS) is 1. The summed E-state index contributed by atoms with van der Waals surface area (Å²) in [7, 11) is -3.81. The summed E-state index contributed by atoms with van der Waals surface area (Å²) in [6, 6.07) is 17.7. The van der Waals surface area contributed by atoms with Crippen LogP contribution >= 0.6 is 0 Å². The number of piperidine rings is 1. The first-order valence-corrected chi connectivity index (χ1v) is 15.7. The standard InChI is InChI=1S/C31H30F3N3O7S/c32-31(33,34)30(40,27-19-36(22-4-2-1-3-5-22)28-18-23(37(41)42)9-12-26(27)28)20-35-16-14-25(15-17-35)45(43,44)24-10-6-21(7-11-24)8-13-29(38)39/h1-7,9-12,18-19,25,40H,8,13-17,20H2,(H,38,39). The van der Waals surface area contributed by atoms with Gasteiger partial charge in [-0.05, 0) is 68.2 Å². The Morgan fingerprint density at radius 2 is 1.64 bits per heavy atom. The van der Waals surface area contributed by atoms with Gasteiger partial charge in [0.25, 0.3) is 5.69 Å². The highest BCUT2D eigenvalue weighted by atomic mass is 32.2. The normalized spacial score (nSPS) is 16.4. The van der Waals surface area contributed by atoms with Gasteiger partial charge >= 0.3 is 12.1 Å². The molecule has 0 bridgehead atoms. The van der Waals surface area contributed by atoms with Crippen LogP contribution in [0, 0.1) is 10.1 Å². The maximum atomic E-state index is 14.8. The number of carbonyl (C=O) groups is 1. The van der Waals surface area contributed by atoms with E-state index in [-0.39, 0.29) is 60.3 Å². The minimum atomic E-state index is -5.14. The Labute approximate surface area is 256 Å². The lowest BCUT2D eigenvalue weighted by Crippen LogP contribution is -2.53. The van der Waals surface area contributed by atoms with Crippen LogP contribution in [0.2, 0.25) is 0 Å². The van der Waals surface area contributed by atoms with Crippen LogP contribution in [0.4, 0.5) is 18.9 Å². The number of carboxylic acids is 1. The van der Waals surface area contributed by atoms with Crippen LogP contribution in [0.15, 0.2) is 83.9 Å². The van der Waals surface area contributed by atoms with E-state index in [1.807, 2.05) is 0 Å². The Kier molecular flexibility index (Phi) is 8.75. The highest BCUT2D eigenvalue weighted by Crippen LogP contribution is 2.45. The number of aliphatic carboxylic acids is 1. The predicted octanol–water partition coefficient (Wildman–Crippen LogP) is 5.24. The second-order valence-electron chi connectivity index (χ2n) is 11.1. The number of nitro benzene ring substituents is 1. The molecule has 14 heteroatoms. The van der Waals surface area contributed by atoms with Gasteiger partial charge < -0.3 is 14.8 Å². The topological polar surface area (TPSA) is 143 Å². The Morgan fingerprint density at radius 1 is 1.00 bits per heavy atom. The number of aliphatic hydroxyl groups is 1. The molecule has 5 rings (SSSR count). The summed E-state index contributed by atoms with van der Waals surface area (Å²) in [6.07, 6.45) is -3.77. The summed E-state index contributed by atoms with van der Waals surface area (Å²) >= 11 is 0. The van der Waals surface area contributed by atoms with Gasteiger partial charge in [-0.15, -0.1) is 0 Å². The van der Waals surface area contributed by atoms with Crippen LogP contribution < -0.4 is 0 Å². The minimum Gasteiger partial charge on any atom is -0.481 e. The van der Waals surface area contributed by atoms with Crippen LogP contribution in [0.1, 0.15) is 30.4 Å². The highest BCUT2D eigenvalue weighted by Gasteiger charge is 2.57. The quantitative estimate of drug-likeness (QED) is 0.176. The van der Waals surface area contributed by atoms with Gasteiger partial charge in [0, 0.05) is 47.9 Å². The third-order valence-electron chi connectivity index (χ3n) is 8.25. The fraction of sp³-hybridized carbons (Fsp3) is 0.323. The van der Waals surface area contributed by atoms with Crippen molar-refractivity contribution in [2.24, 2.45) is 0 Å². The summed E-state index contributed by atoms with van der Waals surface area (Å²) < 4.78 is 72.3. The Bertz CT molecular complexity index is 1820. The van der Waals surface area contributed by atoms with Gasteiger partial charge in [0.15, 0.2) is 9.84 Å². The highest BCUT2D eigenvalue weighted by molar-refractivity contribution is 7.92. The van der Waals surface area contributed by atoms with E-state index in [0.717, 1.165) is 18.3 Å². The molecule has 1 unspecified atom stereocenters. The molecule has 1 atom stereocenters. The molecule has 2 heterocycles. The van der Waals surface area contributed by atoms with Crippen molar-refractivity contribution in [2.45, 2.75) is 47.6 Å². The second kappa shape index (κ2) is 12.3. The molecular weight excluding hydrogens is 615 g/mol. The molecule has 0 spiro atoms. The number of β-amino-alcohol motifs (C(OH)–C–C–N with tert-alkyl or cyclic N) is 1. The molecule has 238 valence electrons. The van der Waals surface area contributed by atoms with Gasteiger partial charge in [-0.1, -0.05) is 30.3 Å². The summed E-state index contributed by atoms with van der Waals surface area (Å²) in [5, 5.41) is 30.9. The van der Waals surface area contributed by atoms with E-state index in [9.17, 15) is 41.6 Å². The fourth-order valence-corrected chi connectivity index (χ4v) is 7.51. The largest absolute Gasteiger partial charge is 0.481 e. The zero-order valence-electron chi connectivity index (χ0n) is 23.9. The number of para-hydroxylation sites is 1. The van der Waals surface area contributed by atoms with Crippen molar-refractivity contribution < 1.29 is 41.5 Å². The number of aryl methyl sites for hydroxylation is 1. The first-order valence-electron chi connectivity index (χ1n) is 14.1. The third kappa shape index (κ3) is 6.44. The molecule has 10 nitrogen and oxygen atoms in total. The van der Waals surface area contributed by atoms with E-state index in [1.54, 1.807) is 42.5 Å².